The van der Waals surface area contributed by atoms with Gasteiger partial charge in [-0.3, -0.25) is 0 Å². The van der Waals surface area contributed by atoms with Gasteiger partial charge >= 0.3 is 6.36 Å². The maximum atomic E-state index is 12.2. The van der Waals surface area contributed by atoms with Crippen LogP contribution in [0.1, 0.15) is 17.8 Å². The fourth-order valence-corrected chi connectivity index (χ4v) is 3.75. The molecule has 120 valence electrons. The largest absolute Gasteiger partial charge is 0.573 e. The van der Waals surface area contributed by atoms with E-state index in [0.29, 0.717) is 0 Å². The molecular weight excluding hydrogens is 339 g/mol. The maximum Gasteiger partial charge on any atom is 0.573 e. The van der Waals surface area contributed by atoms with Gasteiger partial charge in [0.1, 0.15) is 5.75 Å². The van der Waals surface area contributed by atoms with Crippen LogP contribution >= 0.6 is 11.3 Å². The molecule has 0 saturated heterocycles. The fourth-order valence-electron chi connectivity index (χ4n) is 1.72. The minimum absolute atomic E-state index is 0.134. The van der Waals surface area contributed by atoms with Crippen LogP contribution in [-0.4, -0.2) is 14.8 Å². The Kier molecular flexibility index (Phi) is 4.78. The summed E-state index contributed by atoms with van der Waals surface area (Å²) in [6.07, 6.45) is -4.81. The third kappa shape index (κ3) is 4.46. The zero-order valence-electron chi connectivity index (χ0n) is 11.3. The summed E-state index contributed by atoms with van der Waals surface area (Å²) in [4.78, 5) is 0.700. The molecule has 0 aliphatic carbocycles. The topological polar surface area (TPSA) is 55.4 Å². The average Bonchev–Trinajstić information content (AvgIpc) is 2.90. The Morgan fingerprint density at radius 1 is 1.18 bits per heavy atom. The van der Waals surface area contributed by atoms with Gasteiger partial charge in [0.05, 0.1) is 10.9 Å². The number of hydrogen-bond acceptors (Lipinski definition) is 4. The molecule has 4 nitrogen and oxygen atoms in total. The first-order valence-corrected chi connectivity index (χ1v) is 8.45. The molecule has 0 fully saturated rings. The van der Waals surface area contributed by atoms with Crippen LogP contribution in [0, 0.1) is 0 Å². The normalized spacial score (nSPS) is 13.8. The standard InChI is InChI=1S/C13H12F3NO3S2/c1-9(12-3-2-8-21-12)17-22(18,19)11-6-4-10(5-7-11)20-13(14,15)16/h2-9,17H,1H3/t9-/m1/s1. The second-order valence-corrected chi connectivity index (χ2v) is 7.07. The van der Waals surface area contributed by atoms with E-state index in [1.54, 1.807) is 19.1 Å². The minimum Gasteiger partial charge on any atom is -0.406 e. The minimum atomic E-state index is -4.81. The maximum absolute atomic E-state index is 12.2. The van der Waals surface area contributed by atoms with E-state index in [-0.39, 0.29) is 4.90 Å². The van der Waals surface area contributed by atoms with Crippen molar-refractivity contribution in [2.75, 3.05) is 0 Å². The molecule has 22 heavy (non-hydrogen) atoms. The highest BCUT2D eigenvalue weighted by atomic mass is 32.2. The summed E-state index contributed by atoms with van der Waals surface area (Å²) in [5.41, 5.74) is 0. The van der Waals surface area contributed by atoms with Crippen LogP contribution in [0.5, 0.6) is 5.75 Å². The SMILES string of the molecule is C[C@@H](NS(=O)(=O)c1ccc(OC(F)(F)F)cc1)c1cccs1. The Bertz CT molecular complexity index is 710. The van der Waals surface area contributed by atoms with Crippen molar-refractivity contribution in [1.29, 1.82) is 0 Å². The molecule has 0 radical (unpaired) electrons. The van der Waals surface area contributed by atoms with Crippen LogP contribution in [0.2, 0.25) is 0 Å². The summed E-state index contributed by atoms with van der Waals surface area (Å²) in [6.45, 7) is 1.69. The summed E-state index contributed by atoms with van der Waals surface area (Å²) in [6, 6.07) is 7.19. The lowest BCUT2D eigenvalue weighted by molar-refractivity contribution is -0.274. The molecule has 0 aliphatic rings. The number of benzene rings is 1. The lowest BCUT2D eigenvalue weighted by Gasteiger charge is -2.13. The molecule has 0 bridgehead atoms. The Morgan fingerprint density at radius 3 is 2.32 bits per heavy atom. The van der Waals surface area contributed by atoms with E-state index in [4.69, 9.17) is 0 Å². The highest BCUT2D eigenvalue weighted by Gasteiger charge is 2.31. The van der Waals surface area contributed by atoms with E-state index < -0.39 is 28.2 Å². The predicted octanol–water partition coefficient (Wildman–Crippen LogP) is 3.69. The number of ether oxygens (including phenoxy) is 1. The smallest absolute Gasteiger partial charge is 0.406 e. The summed E-state index contributed by atoms with van der Waals surface area (Å²) in [5.74, 6) is -0.474. The fraction of sp³-hybridized carbons (Fsp3) is 0.231. The molecule has 9 heteroatoms. The summed E-state index contributed by atoms with van der Waals surface area (Å²) >= 11 is 1.40. The van der Waals surface area contributed by atoms with Crippen LogP contribution in [0.15, 0.2) is 46.7 Å². The molecule has 1 aromatic carbocycles. The van der Waals surface area contributed by atoms with Crippen molar-refractivity contribution >= 4 is 21.4 Å². The molecule has 0 aliphatic heterocycles. The summed E-state index contributed by atoms with van der Waals surface area (Å²) < 4.78 is 66.6. The third-order valence-corrected chi connectivity index (χ3v) is 5.28. The molecule has 0 unspecified atom stereocenters. The van der Waals surface area contributed by atoms with Crippen molar-refractivity contribution in [1.82, 2.24) is 4.72 Å². The van der Waals surface area contributed by atoms with Gasteiger partial charge in [0.2, 0.25) is 10.0 Å². The Hall–Kier alpha value is -1.58. The lowest BCUT2D eigenvalue weighted by Crippen LogP contribution is -2.26. The summed E-state index contributed by atoms with van der Waals surface area (Å²) in [5, 5.41) is 1.82. The van der Waals surface area contributed by atoms with Crippen molar-refractivity contribution in [2.45, 2.75) is 24.2 Å². The third-order valence-electron chi connectivity index (χ3n) is 2.67. The Morgan fingerprint density at radius 2 is 1.82 bits per heavy atom. The number of thiophene rings is 1. The molecule has 1 atom stereocenters. The number of halogens is 3. The first-order chi connectivity index (χ1) is 10.2. The number of nitrogens with one attached hydrogen (secondary N) is 1. The average molecular weight is 351 g/mol. The number of sulfonamides is 1. The molecule has 0 spiro atoms. The van der Waals surface area contributed by atoms with Crippen molar-refractivity contribution in [3.05, 3.63) is 46.7 Å². The van der Waals surface area contributed by atoms with Crippen LogP contribution < -0.4 is 9.46 Å². The van der Waals surface area contributed by atoms with E-state index in [2.05, 4.69) is 9.46 Å². The Balaban J connectivity index is 2.12. The van der Waals surface area contributed by atoms with E-state index in [0.717, 1.165) is 29.1 Å². The second kappa shape index (κ2) is 6.27. The predicted molar refractivity (Wildman–Crippen MR) is 76.2 cm³/mol. The van der Waals surface area contributed by atoms with Gasteiger partial charge in [-0.2, -0.15) is 0 Å². The highest BCUT2D eigenvalue weighted by Crippen LogP contribution is 2.25. The zero-order valence-corrected chi connectivity index (χ0v) is 12.9. The van der Waals surface area contributed by atoms with Gasteiger partial charge in [0, 0.05) is 4.88 Å². The van der Waals surface area contributed by atoms with Gasteiger partial charge in [-0.25, -0.2) is 13.1 Å². The van der Waals surface area contributed by atoms with Crippen LogP contribution in [0.4, 0.5) is 13.2 Å². The van der Waals surface area contributed by atoms with E-state index in [1.807, 2.05) is 5.38 Å². The number of hydrogen-bond donors (Lipinski definition) is 1. The lowest BCUT2D eigenvalue weighted by atomic mass is 10.3. The van der Waals surface area contributed by atoms with Crippen molar-refractivity contribution in [2.24, 2.45) is 0 Å². The van der Waals surface area contributed by atoms with Gasteiger partial charge in [-0.1, -0.05) is 6.07 Å². The van der Waals surface area contributed by atoms with Crippen molar-refractivity contribution in [3.8, 4) is 5.75 Å². The van der Waals surface area contributed by atoms with E-state index >= 15 is 0 Å². The molecule has 0 saturated carbocycles. The highest BCUT2D eigenvalue weighted by molar-refractivity contribution is 7.89. The molecule has 1 aromatic heterocycles. The van der Waals surface area contributed by atoms with Crippen LogP contribution in [0.25, 0.3) is 0 Å². The molecule has 0 amide bonds. The van der Waals surface area contributed by atoms with Crippen molar-refractivity contribution < 1.29 is 26.3 Å². The van der Waals surface area contributed by atoms with Gasteiger partial charge in [-0.05, 0) is 42.6 Å². The second-order valence-electron chi connectivity index (χ2n) is 4.38. The molecular formula is C13H12F3NO3S2. The van der Waals surface area contributed by atoms with Crippen molar-refractivity contribution in [3.63, 3.8) is 0 Å². The van der Waals surface area contributed by atoms with Gasteiger partial charge in [0.25, 0.3) is 0 Å². The van der Waals surface area contributed by atoms with E-state index in [9.17, 15) is 21.6 Å². The quantitative estimate of drug-likeness (QED) is 0.894. The molecule has 2 rings (SSSR count). The summed E-state index contributed by atoms with van der Waals surface area (Å²) in [7, 11) is -3.83. The molecule has 2 aromatic rings. The Labute approximate surface area is 129 Å². The van der Waals surface area contributed by atoms with Gasteiger partial charge in [0.15, 0.2) is 0 Å². The van der Waals surface area contributed by atoms with Gasteiger partial charge in [-0.15, -0.1) is 24.5 Å². The number of alkyl halides is 3. The molecule has 1 N–H and O–H groups in total. The zero-order chi connectivity index (χ0) is 16.4. The molecule has 1 heterocycles. The van der Waals surface area contributed by atoms with Gasteiger partial charge < -0.3 is 4.74 Å². The first-order valence-electron chi connectivity index (χ1n) is 6.09. The van der Waals surface area contributed by atoms with Crippen LogP contribution in [0.3, 0.4) is 0 Å². The van der Waals surface area contributed by atoms with Crippen LogP contribution in [-0.2, 0) is 10.0 Å². The monoisotopic (exact) mass is 351 g/mol. The van der Waals surface area contributed by atoms with E-state index in [1.165, 1.54) is 11.3 Å². The number of rotatable bonds is 5. The first kappa shape index (κ1) is 16.8.